The van der Waals surface area contributed by atoms with E-state index in [1.165, 1.54) is 43.2 Å². The van der Waals surface area contributed by atoms with Gasteiger partial charge in [-0.05, 0) is 99.8 Å². The van der Waals surface area contributed by atoms with Crippen LogP contribution in [0.15, 0.2) is 18.2 Å². The van der Waals surface area contributed by atoms with Crippen molar-refractivity contribution in [3.8, 4) is 0 Å². The first kappa shape index (κ1) is 20.7. The maximum atomic E-state index is 14.1. The van der Waals surface area contributed by atoms with E-state index in [2.05, 4.69) is 35.8 Å². The van der Waals surface area contributed by atoms with Crippen LogP contribution in [0.4, 0.5) is 0 Å². The molecule has 4 bridgehead atoms. The molecule has 1 aromatic carbocycles. The average Bonchev–Trinajstić information content (AvgIpc) is 2.98. The van der Waals surface area contributed by atoms with Crippen LogP contribution in [0.2, 0.25) is 0 Å². The van der Waals surface area contributed by atoms with Crippen molar-refractivity contribution in [3.63, 3.8) is 0 Å². The van der Waals surface area contributed by atoms with Crippen LogP contribution in [0.5, 0.6) is 0 Å². The molecule has 7 rings (SSSR count). The minimum absolute atomic E-state index is 0.0327. The Bertz CT molecular complexity index is 907. The highest BCUT2D eigenvalue weighted by atomic mass is 16.4. The number of carbonyl (C=O) groups excluding carboxylic acids is 1. The number of fused-ring (bicyclic) bond motifs is 2. The Kier molecular flexibility index (Phi) is 4.90. The zero-order chi connectivity index (χ0) is 22.0. The number of aliphatic carboxylic acids is 1. The molecule has 1 amide bonds. The Balaban J connectivity index is 1.36. The van der Waals surface area contributed by atoms with E-state index in [0.29, 0.717) is 17.9 Å². The van der Waals surface area contributed by atoms with Crippen molar-refractivity contribution in [1.82, 2.24) is 10.6 Å². The molecule has 172 valence electrons. The second kappa shape index (κ2) is 7.58. The molecule has 5 aliphatic carbocycles. The van der Waals surface area contributed by atoms with E-state index in [1.54, 1.807) is 0 Å². The van der Waals surface area contributed by atoms with E-state index in [9.17, 15) is 14.7 Å². The van der Waals surface area contributed by atoms with E-state index in [0.717, 1.165) is 43.3 Å². The van der Waals surface area contributed by atoms with Crippen molar-refractivity contribution < 1.29 is 14.7 Å². The van der Waals surface area contributed by atoms with Crippen LogP contribution in [0.1, 0.15) is 74.0 Å². The number of carbonyl (C=O) groups is 2. The quantitative estimate of drug-likeness (QED) is 0.672. The molecule has 1 saturated heterocycles. The lowest BCUT2D eigenvalue weighted by molar-refractivity contribution is -0.139. The number of hydrogen-bond donors (Lipinski definition) is 3. The van der Waals surface area contributed by atoms with Gasteiger partial charge in [0.15, 0.2) is 0 Å². The summed E-state index contributed by atoms with van der Waals surface area (Å²) < 4.78 is 0. The SMILES string of the molecule is Cc1ccc2c(c1)C1(CCNCC1)C(C(=O)NC1C3CC4CC(C3)CC1C4)C2CC(=O)O. The van der Waals surface area contributed by atoms with E-state index in [4.69, 9.17) is 0 Å². The van der Waals surface area contributed by atoms with Crippen LogP contribution >= 0.6 is 0 Å². The molecule has 5 nitrogen and oxygen atoms in total. The number of benzene rings is 1. The second-order valence-corrected chi connectivity index (χ2v) is 11.6. The third-order valence-electron chi connectivity index (χ3n) is 9.85. The minimum atomic E-state index is -0.806. The van der Waals surface area contributed by atoms with Crippen LogP contribution in [-0.4, -0.2) is 36.1 Å². The largest absolute Gasteiger partial charge is 0.481 e. The summed E-state index contributed by atoms with van der Waals surface area (Å²) in [5.74, 6) is 1.81. The smallest absolute Gasteiger partial charge is 0.303 e. The van der Waals surface area contributed by atoms with E-state index in [1.807, 2.05) is 0 Å². The van der Waals surface area contributed by atoms with Crippen LogP contribution in [0.25, 0.3) is 0 Å². The van der Waals surface area contributed by atoms with Gasteiger partial charge in [-0.1, -0.05) is 23.8 Å². The molecule has 2 atom stereocenters. The minimum Gasteiger partial charge on any atom is -0.481 e. The molecule has 1 spiro atoms. The summed E-state index contributed by atoms with van der Waals surface area (Å²) in [5, 5.41) is 16.8. The number of aryl methyl sites for hydroxylation is 1. The first-order chi connectivity index (χ1) is 15.4. The molecule has 5 heteroatoms. The van der Waals surface area contributed by atoms with E-state index >= 15 is 0 Å². The zero-order valence-corrected chi connectivity index (χ0v) is 19.1. The number of carboxylic acids is 1. The normalized spacial score (nSPS) is 38.6. The molecular formula is C27H36N2O3. The standard InChI is InChI=1S/C27H36N2O3/c1-15-2-3-20-21(14-23(30)31)24(27(22(20)8-15)4-6-28-7-5-27)26(32)29-25-18-10-16-9-17(12-18)13-19(25)11-16/h2-3,8,16-19,21,24-25,28H,4-7,9-14H2,1H3,(H,29,32)(H,30,31). The molecule has 32 heavy (non-hydrogen) atoms. The number of nitrogens with one attached hydrogen (secondary N) is 2. The molecule has 6 aliphatic rings. The van der Waals surface area contributed by atoms with E-state index in [-0.39, 0.29) is 29.6 Å². The van der Waals surface area contributed by atoms with Gasteiger partial charge in [0.1, 0.15) is 0 Å². The molecule has 0 aromatic heterocycles. The number of carboxylic acid groups (broad SMARTS) is 1. The molecule has 1 heterocycles. The molecule has 0 radical (unpaired) electrons. The number of hydrogen-bond acceptors (Lipinski definition) is 3. The Morgan fingerprint density at radius 2 is 1.72 bits per heavy atom. The summed E-state index contributed by atoms with van der Waals surface area (Å²) in [6, 6.07) is 6.73. The van der Waals surface area contributed by atoms with Crippen molar-refractivity contribution >= 4 is 11.9 Å². The summed E-state index contributed by atoms with van der Waals surface area (Å²) >= 11 is 0. The predicted octanol–water partition coefficient (Wildman–Crippen LogP) is 3.75. The van der Waals surface area contributed by atoms with Crippen LogP contribution in [0, 0.1) is 36.5 Å². The van der Waals surface area contributed by atoms with Gasteiger partial charge < -0.3 is 15.7 Å². The number of rotatable bonds is 4. The van der Waals surface area contributed by atoms with Gasteiger partial charge in [0.2, 0.25) is 5.91 Å². The topological polar surface area (TPSA) is 78.4 Å². The summed E-state index contributed by atoms with van der Waals surface area (Å²) in [5.41, 5.74) is 3.29. The lowest BCUT2D eigenvalue weighted by atomic mass is 9.54. The van der Waals surface area contributed by atoms with Crippen molar-refractivity contribution in [1.29, 1.82) is 0 Å². The lowest BCUT2D eigenvalue weighted by Crippen LogP contribution is -2.58. The van der Waals surface area contributed by atoms with Gasteiger partial charge in [-0.25, -0.2) is 0 Å². The Morgan fingerprint density at radius 3 is 2.34 bits per heavy atom. The van der Waals surface area contributed by atoms with Crippen molar-refractivity contribution in [2.45, 2.75) is 75.7 Å². The Morgan fingerprint density at radius 1 is 1.06 bits per heavy atom. The van der Waals surface area contributed by atoms with Gasteiger partial charge in [0, 0.05) is 17.4 Å². The second-order valence-electron chi connectivity index (χ2n) is 11.6. The molecule has 5 fully saturated rings. The molecular weight excluding hydrogens is 400 g/mol. The summed E-state index contributed by atoms with van der Waals surface area (Å²) in [4.78, 5) is 26.0. The first-order valence-corrected chi connectivity index (χ1v) is 12.8. The maximum absolute atomic E-state index is 14.1. The summed E-state index contributed by atoms with van der Waals surface area (Å²) in [6.45, 7) is 3.87. The average molecular weight is 437 g/mol. The Hall–Kier alpha value is -1.88. The van der Waals surface area contributed by atoms with Gasteiger partial charge in [0.25, 0.3) is 0 Å². The highest BCUT2D eigenvalue weighted by Crippen LogP contribution is 2.58. The highest BCUT2D eigenvalue weighted by molar-refractivity contribution is 5.85. The summed E-state index contributed by atoms with van der Waals surface area (Å²) in [6.07, 6.45) is 8.34. The summed E-state index contributed by atoms with van der Waals surface area (Å²) in [7, 11) is 0. The molecule has 4 saturated carbocycles. The van der Waals surface area contributed by atoms with E-state index < -0.39 is 5.97 Å². The Labute approximate surface area is 190 Å². The van der Waals surface area contributed by atoms with Crippen molar-refractivity contribution in [3.05, 3.63) is 34.9 Å². The first-order valence-electron chi connectivity index (χ1n) is 12.8. The van der Waals surface area contributed by atoms with Crippen LogP contribution < -0.4 is 10.6 Å². The number of piperidine rings is 1. The van der Waals surface area contributed by atoms with Gasteiger partial charge in [-0.2, -0.15) is 0 Å². The third-order valence-corrected chi connectivity index (χ3v) is 9.85. The fraction of sp³-hybridized carbons (Fsp3) is 0.704. The third kappa shape index (κ3) is 3.14. The van der Waals surface area contributed by atoms with Gasteiger partial charge in [-0.3, -0.25) is 9.59 Å². The van der Waals surface area contributed by atoms with Crippen LogP contribution in [0.3, 0.4) is 0 Å². The van der Waals surface area contributed by atoms with Crippen LogP contribution in [-0.2, 0) is 15.0 Å². The lowest BCUT2D eigenvalue weighted by Gasteiger charge is -2.55. The highest BCUT2D eigenvalue weighted by Gasteiger charge is 2.57. The van der Waals surface area contributed by atoms with Gasteiger partial charge >= 0.3 is 5.97 Å². The van der Waals surface area contributed by atoms with Gasteiger partial charge in [0.05, 0.1) is 12.3 Å². The van der Waals surface area contributed by atoms with Crippen molar-refractivity contribution in [2.24, 2.45) is 29.6 Å². The van der Waals surface area contributed by atoms with Crippen molar-refractivity contribution in [2.75, 3.05) is 13.1 Å². The molecule has 2 unspecified atom stereocenters. The molecule has 3 N–H and O–H groups in total. The zero-order valence-electron chi connectivity index (χ0n) is 19.1. The molecule has 1 aliphatic heterocycles. The van der Waals surface area contributed by atoms with Gasteiger partial charge in [-0.15, -0.1) is 0 Å². The fourth-order valence-corrected chi connectivity index (χ4v) is 8.87. The predicted molar refractivity (Wildman–Crippen MR) is 122 cm³/mol. The maximum Gasteiger partial charge on any atom is 0.303 e. The number of amides is 1. The fourth-order valence-electron chi connectivity index (χ4n) is 8.87. The molecule has 1 aromatic rings. The monoisotopic (exact) mass is 436 g/mol.